The Morgan fingerprint density at radius 1 is 1.44 bits per heavy atom. The highest BCUT2D eigenvalue weighted by molar-refractivity contribution is 14.1. The highest BCUT2D eigenvalue weighted by atomic mass is 127. The van der Waals surface area contributed by atoms with Crippen LogP contribution in [0.3, 0.4) is 0 Å². The number of hydrogen-bond acceptors (Lipinski definition) is 0. The van der Waals surface area contributed by atoms with Crippen molar-refractivity contribution in [3.63, 3.8) is 0 Å². The molecule has 0 atom stereocenters. The molecule has 0 spiro atoms. The van der Waals surface area contributed by atoms with Gasteiger partial charge in [0.2, 0.25) is 0 Å². The number of benzene rings is 1. The summed E-state index contributed by atoms with van der Waals surface area (Å²) in [5.41, 5.74) is 1.46. The lowest BCUT2D eigenvalue weighted by Crippen LogP contribution is -2.07. The van der Waals surface area contributed by atoms with Gasteiger partial charge in [0.15, 0.2) is 0 Å². The Balaban J connectivity index is 3.25. The molecule has 1 aromatic carbocycles. The molecule has 1 rings (SSSR count). The van der Waals surface area contributed by atoms with E-state index in [2.05, 4.69) is 47.7 Å². The molecule has 0 unspecified atom stereocenters. The van der Waals surface area contributed by atoms with Gasteiger partial charge in [0.1, 0.15) is 0 Å². The topological polar surface area (TPSA) is 0 Å². The first kappa shape index (κ1) is 7.28. The van der Waals surface area contributed by atoms with Gasteiger partial charge in [0, 0.05) is 13.8 Å². The molecule has 0 N–H and O–H groups in total. The normalized spacial score (nSPS) is 10.0. The Hall–Kier alpha value is 0.167. The van der Waals surface area contributed by atoms with E-state index in [1.807, 2.05) is 0 Å². The van der Waals surface area contributed by atoms with E-state index in [-0.39, 0.29) is 0 Å². The van der Waals surface area contributed by atoms with Crippen LogP contribution in [0.5, 0.6) is 0 Å². The van der Waals surface area contributed by atoms with E-state index in [4.69, 9.17) is 0 Å². The zero-order chi connectivity index (χ0) is 6.85. The van der Waals surface area contributed by atoms with Gasteiger partial charge in [-0.3, -0.25) is 0 Å². The third kappa shape index (κ3) is 1.55. The van der Waals surface area contributed by atoms with Crippen LogP contribution in [0.2, 0.25) is 0 Å². The van der Waals surface area contributed by atoms with E-state index >= 15 is 0 Å². The molecule has 1 aromatic rings. The molecule has 2 heteroatoms. The molecule has 0 aromatic heterocycles. The summed E-state index contributed by atoms with van der Waals surface area (Å²) >= 11 is 2.37. The maximum atomic E-state index is 2.37. The minimum Gasteiger partial charge on any atom is -0.0669 e. The molecule has 0 aliphatic carbocycles. The lowest BCUT2D eigenvalue weighted by Gasteiger charge is -1.99. The van der Waals surface area contributed by atoms with Crippen LogP contribution < -0.4 is 5.19 Å². The van der Waals surface area contributed by atoms with Crippen LogP contribution in [0.15, 0.2) is 18.2 Å². The summed E-state index contributed by atoms with van der Waals surface area (Å²) < 4.78 is 1.39. The second kappa shape index (κ2) is 2.83. The molecule has 0 amide bonds. The summed E-state index contributed by atoms with van der Waals surface area (Å²) in [6.07, 6.45) is 0. The van der Waals surface area contributed by atoms with Gasteiger partial charge >= 0.3 is 0 Å². The lowest BCUT2D eigenvalue weighted by atomic mass is 10.2. The quantitative estimate of drug-likeness (QED) is 0.465. The van der Waals surface area contributed by atoms with Crippen LogP contribution in [-0.2, 0) is 0 Å². The molecular weight excluding hydrogens is 239 g/mol. The van der Waals surface area contributed by atoms with Crippen molar-refractivity contribution in [1.82, 2.24) is 0 Å². The summed E-state index contributed by atoms with van der Waals surface area (Å²) in [5, 5.41) is 1.52. The van der Waals surface area contributed by atoms with Crippen LogP contribution in [0.25, 0.3) is 0 Å². The van der Waals surface area contributed by atoms with Crippen molar-refractivity contribution in [3.05, 3.63) is 27.3 Å². The minimum absolute atomic E-state index is 1.17. The van der Waals surface area contributed by atoms with Gasteiger partial charge in [-0.2, -0.15) is 0 Å². The highest BCUT2D eigenvalue weighted by Crippen LogP contribution is 2.06. The predicted octanol–water partition coefficient (Wildman–Crippen LogP) is 0.590. The van der Waals surface area contributed by atoms with Crippen molar-refractivity contribution < 1.29 is 0 Å². The second-order valence-electron chi connectivity index (χ2n) is 2.18. The lowest BCUT2D eigenvalue weighted by molar-refractivity contribution is 1.47. The smallest absolute Gasteiger partial charge is 0.0388 e. The van der Waals surface area contributed by atoms with Gasteiger partial charge in [-0.1, -0.05) is 17.3 Å². The Labute approximate surface area is 72.2 Å². The van der Waals surface area contributed by atoms with Crippen molar-refractivity contribution >= 4 is 38.0 Å². The fourth-order valence-electron chi connectivity index (χ4n) is 0.715. The van der Waals surface area contributed by atoms with Gasteiger partial charge in [0.05, 0.1) is 0 Å². The first-order valence-corrected chi connectivity index (χ1v) is 5.01. The average molecular weight is 248 g/mol. The Bertz CT molecular complexity index is 200. The molecular formula is C7H9ISi. The van der Waals surface area contributed by atoms with Crippen molar-refractivity contribution in [2.75, 3.05) is 0 Å². The predicted molar refractivity (Wildman–Crippen MR) is 53.5 cm³/mol. The third-order valence-corrected chi connectivity index (χ3v) is 3.79. The number of rotatable bonds is 0. The molecule has 0 fully saturated rings. The number of hydrogen-bond donors (Lipinski definition) is 0. The number of halogens is 1. The fourth-order valence-corrected chi connectivity index (χ4v) is 2.32. The second-order valence-corrected chi connectivity index (χ2v) is 4.42. The molecule has 0 nitrogen and oxygen atoms in total. The first-order chi connectivity index (χ1) is 4.22. The Morgan fingerprint density at radius 3 is 2.56 bits per heavy atom. The monoisotopic (exact) mass is 248 g/mol. The van der Waals surface area contributed by atoms with E-state index in [9.17, 15) is 0 Å². The van der Waals surface area contributed by atoms with E-state index in [1.165, 1.54) is 24.6 Å². The van der Waals surface area contributed by atoms with Crippen LogP contribution in [0.1, 0.15) is 5.56 Å². The molecule has 48 valence electrons. The van der Waals surface area contributed by atoms with Crippen LogP contribution >= 0.6 is 22.6 Å². The Kier molecular flexibility index (Phi) is 2.29. The van der Waals surface area contributed by atoms with Gasteiger partial charge < -0.3 is 0 Å². The van der Waals surface area contributed by atoms with Crippen molar-refractivity contribution in [3.8, 4) is 0 Å². The minimum atomic E-state index is 1.17. The first-order valence-electron chi connectivity index (χ1n) is 2.93. The van der Waals surface area contributed by atoms with Crippen LogP contribution in [0.4, 0.5) is 0 Å². The van der Waals surface area contributed by atoms with Crippen LogP contribution in [0, 0.1) is 10.5 Å². The zero-order valence-corrected chi connectivity index (χ0v) is 9.77. The fraction of sp³-hybridized carbons (Fsp3) is 0.143. The van der Waals surface area contributed by atoms with Gasteiger partial charge in [0.25, 0.3) is 0 Å². The van der Waals surface area contributed by atoms with Crippen molar-refractivity contribution in [1.29, 1.82) is 0 Å². The zero-order valence-electron chi connectivity index (χ0n) is 5.61. The summed E-state index contributed by atoms with van der Waals surface area (Å²) in [5.74, 6) is 0. The molecule has 0 saturated heterocycles. The molecule has 0 saturated carbocycles. The summed E-state index contributed by atoms with van der Waals surface area (Å²) in [4.78, 5) is 0. The SMILES string of the molecule is Cc1c([SiH3])cccc1I. The average Bonchev–Trinajstić information content (AvgIpc) is 1.83. The highest BCUT2D eigenvalue weighted by Gasteiger charge is 1.93. The largest absolute Gasteiger partial charge is 0.0669 e. The van der Waals surface area contributed by atoms with E-state index in [1.54, 1.807) is 0 Å². The Morgan fingerprint density at radius 2 is 2.11 bits per heavy atom. The van der Waals surface area contributed by atoms with Gasteiger partial charge in [-0.15, -0.1) is 0 Å². The van der Waals surface area contributed by atoms with E-state index in [0.29, 0.717) is 0 Å². The van der Waals surface area contributed by atoms with Gasteiger partial charge in [-0.25, -0.2) is 0 Å². The summed E-state index contributed by atoms with van der Waals surface area (Å²) in [6.45, 7) is 2.18. The maximum absolute atomic E-state index is 2.37. The third-order valence-electron chi connectivity index (χ3n) is 1.54. The molecule has 0 heterocycles. The van der Waals surface area contributed by atoms with Crippen molar-refractivity contribution in [2.45, 2.75) is 6.92 Å². The standard InChI is InChI=1S/C7H9ISi/c1-5-6(8)3-2-4-7(5)9/h2-4H,1,9H3. The summed E-state index contributed by atoms with van der Waals surface area (Å²) in [7, 11) is 1.17. The van der Waals surface area contributed by atoms with E-state index in [0.717, 1.165) is 0 Å². The molecule has 0 bridgehead atoms. The molecule has 0 aliphatic heterocycles. The molecule has 0 aliphatic rings. The molecule has 9 heavy (non-hydrogen) atoms. The van der Waals surface area contributed by atoms with Crippen molar-refractivity contribution in [2.24, 2.45) is 0 Å². The summed E-state index contributed by atoms with van der Waals surface area (Å²) in [6, 6.07) is 6.47. The van der Waals surface area contributed by atoms with Crippen LogP contribution in [-0.4, -0.2) is 10.2 Å². The maximum Gasteiger partial charge on any atom is 0.0388 e. The van der Waals surface area contributed by atoms with Gasteiger partial charge in [-0.05, 0) is 41.1 Å². The van der Waals surface area contributed by atoms with E-state index < -0.39 is 0 Å². The molecule has 0 radical (unpaired) electrons.